The van der Waals surface area contributed by atoms with Gasteiger partial charge in [0, 0.05) is 19.6 Å². The molecule has 0 radical (unpaired) electrons. The van der Waals surface area contributed by atoms with Crippen molar-refractivity contribution in [2.75, 3.05) is 26.2 Å². The van der Waals surface area contributed by atoms with Crippen LogP contribution in [0, 0.1) is 20.8 Å². The third kappa shape index (κ3) is 4.70. The molecule has 0 saturated carbocycles. The van der Waals surface area contributed by atoms with Gasteiger partial charge in [0.15, 0.2) is 0 Å². The Balaban J connectivity index is 1.86. The van der Waals surface area contributed by atoms with E-state index >= 15 is 0 Å². The quantitative estimate of drug-likeness (QED) is 0.907. The molecule has 0 bridgehead atoms. The Morgan fingerprint density at radius 1 is 1.18 bits per heavy atom. The molecule has 22 heavy (non-hydrogen) atoms. The molecule has 1 N–H and O–H groups in total. The Hall–Kier alpha value is -1.10. The molecule has 4 heteroatoms. The lowest BCUT2D eigenvalue weighted by molar-refractivity contribution is -0.0787. The molecular weight excluding hydrogens is 278 g/mol. The van der Waals surface area contributed by atoms with Crippen LogP contribution >= 0.6 is 0 Å². The van der Waals surface area contributed by atoms with Crippen LogP contribution < -0.4 is 4.74 Å². The van der Waals surface area contributed by atoms with Gasteiger partial charge in [0.25, 0.3) is 0 Å². The highest BCUT2D eigenvalue weighted by Crippen LogP contribution is 2.24. The number of hydrogen-bond acceptors (Lipinski definition) is 4. The first kappa shape index (κ1) is 17.3. The van der Waals surface area contributed by atoms with Gasteiger partial charge in [-0.2, -0.15) is 0 Å². The molecule has 2 rings (SSSR count). The number of nitrogens with zero attached hydrogens (tertiary/aromatic N) is 1. The van der Waals surface area contributed by atoms with Crippen LogP contribution in [0.25, 0.3) is 0 Å². The van der Waals surface area contributed by atoms with Gasteiger partial charge in [0.2, 0.25) is 0 Å². The Kier molecular flexibility index (Phi) is 5.84. The smallest absolute Gasteiger partial charge is 0.125 e. The fraction of sp³-hybridized carbons (Fsp3) is 0.667. The van der Waals surface area contributed by atoms with Crippen molar-refractivity contribution < 1.29 is 14.6 Å². The fourth-order valence-corrected chi connectivity index (χ4v) is 3.36. The zero-order valence-corrected chi connectivity index (χ0v) is 14.4. The number of aliphatic hydroxyl groups is 1. The van der Waals surface area contributed by atoms with Crippen molar-refractivity contribution in [2.45, 2.75) is 52.9 Å². The Morgan fingerprint density at radius 3 is 2.27 bits per heavy atom. The van der Waals surface area contributed by atoms with Crippen LogP contribution in [0.1, 0.15) is 30.5 Å². The van der Waals surface area contributed by atoms with Crippen LogP contribution in [0.2, 0.25) is 0 Å². The van der Waals surface area contributed by atoms with E-state index in [1.165, 1.54) is 5.56 Å². The standard InChI is InChI=1S/C18H29NO3/c1-12-6-13(2)18(14(3)7-12)21-11-17(20)10-19-8-15(4)22-16(5)9-19/h6-7,15-17,20H,8-11H2,1-5H3/t15-,16+,17-/m0/s1. The predicted molar refractivity (Wildman–Crippen MR) is 88.6 cm³/mol. The van der Waals surface area contributed by atoms with Crippen molar-refractivity contribution in [1.82, 2.24) is 4.90 Å². The lowest BCUT2D eigenvalue weighted by Gasteiger charge is -2.36. The molecule has 1 aromatic carbocycles. The van der Waals surface area contributed by atoms with Crippen LogP contribution in [0.4, 0.5) is 0 Å². The SMILES string of the molecule is Cc1cc(C)c(OC[C@@H](O)CN2C[C@@H](C)O[C@@H](C)C2)c(C)c1. The first-order valence-electron chi connectivity index (χ1n) is 8.11. The molecule has 3 atom stereocenters. The van der Waals surface area contributed by atoms with Gasteiger partial charge in [-0.15, -0.1) is 0 Å². The highest BCUT2D eigenvalue weighted by molar-refractivity contribution is 5.42. The highest BCUT2D eigenvalue weighted by atomic mass is 16.5. The average molecular weight is 307 g/mol. The largest absolute Gasteiger partial charge is 0.490 e. The normalized spacial score (nSPS) is 24.3. The molecule has 1 aliphatic rings. The first-order chi connectivity index (χ1) is 10.3. The lowest BCUT2D eigenvalue weighted by Crippen LogP contribution is -2.48. The summed E-state index contributed by atoms with van der Waals surface area (Å²) in [4.78, 5) is 2.25. The van der Waals surface area contributed by atoms with Crippen LogP contribution in [-0.4, -0.2) is 54.6 Å². The number of ether oxygens (including phenoxy) is 2. The maximum absolute atomic E-state index is 10.3. The van der Waals surface area contributed by atoms with Gasteiger partial charge in [0.05, 0.1) is 12.2 Å². The lowest BCUT2D eigenvalue weighted by atomic mass is 10.1. The van der Waals surface area contributed by atoms with E-state index in [4.69, 9.17) is 9.47 Å². The predicted octanol–water partition coefficient (Wildman–Crippen LogP) is 2.46. The van der Waals surface area contributed by atoms with Gasteiger partial charge in [-0.3, -0.25) is 4.90 Å². The van der Waals surface area contributed by atoms with E-state index in [2.05, 4.69) is 37.8 Å². The van der Waals surface area contributed by atoms with Gasteiger partial charge in [-0.05, 0) is 45.7 Å². The molecule has 0 aromatic heterocycles. The second-order valence-electron chi connectivity index (χ2n) is 6.67. The Morgan fingerprint density at radius 2 is 1.73 bits per heavy atom. The minimum absolute atomic E-state index is 0.221. The summed E-state index contributed by atoms with van der Waals surface area (Å²) in [6.45, 7) is 13.0. The molecule has 0 spiro atoms. The van der Waals surface area contributed by atoms with Gasteiger partial charge in [-0.25, -0.2) is 0 Å². The Labute approximate surface area is 134 Å². The minimum atomic E-state index is -0.488. The number of aryl methyl sites for hydroxylation is 3. The van der Waals surface area contributed by atoms with Crippen molar-refractivity contribution >= 4 is 0 Å². The molecule has 0 aliphatic carbocycles. The van der Waals surface area contributed by atoms with Crippen molar-refractivity contribution in [3.05, 3.63) is 28.8 Å². The van der Waals surface area contributed by atoms with E-state index in [1.54, 1.807) is 0 Å². The maximum atomic E-state index is 10.3. The molecule has 124 valence electrons. The summed E-state index contributed by atoms with van der Waals surface area (Å²) in [5, 5.41) is 10.3. The molecule has 1 fully saturated rings. The highest BCUT2D eigenvalue weighted by Gasteiger charge is 2.24. The number of rotatable bonds is 5. The number of morpholine rings is 1. The van der Waals surface area contributed by atoms with E-state index < -0.39 is 6.10 Å². The summed E-state index contributed by atoms with van der Waals surface area (Å²) >= 11 is 0. The van der Waals surface area contributed by atoms with Crippen molar-refractivity contribution in [2.24, 2.45) is 0 Å². The van der Waals surface area contributed by atoms with Crippen LogP contribution in [-0.2, 0) is 4.74 Å². The van der Waals surface area contributed by atoms with Crippen molar-refractivity contribution in [1.29, 1.82) is 0 Å². The number of aliphatic hydroxyl groups excluding tert-OH is 1. The molecule has 1 aromatic rings. The molecule has 0 unspecified atom stereocenters. The van der Waals surface area contributed by atoms with Crippen LogP contribution in [0.5, 0.6) is 5.75 Å². The van der Waals surface area contributed by atoms with Crippen molar-refractivity contribution in [3.63, 3.8) is 0 Å². The third-order valence-electron chi connectivity index (χ3n) is 3.99. The van der Waals surface area contributed by atoms with E-state index in [0.29, 0.717) is 13.2 Å². The monoisotopic (exact) mass is 307 g/mol. The van der Waals surface area contributed by atoms with Gasteiger partial charge >= 0.3 is 0 Å². The summed E-state index contributed by atoms with van der Waals surface area (Å²) in [6.07, 6.45) is -0.0467. The van der Waals surface area contributed by atoms with E-state index in [0.717, 1.165) is 30.0 Å². The summed E-state index contributed by atoms with van der Waals surface area (Å²) in [5.41, 5.74) is 3.48. The Bertz CT molecular complexity index is 470. The minimum Gasteiger partial charge on any atom is -0.490 e. The second kappa shape index (κ2) is 7.44. The summed E-state index contributed by atoms with van der Waals surface area (Å²) < 4.78 is 11.6. The first-order valence-corrected chi connectivity index (χ1v) is 8.11. The maximum Gasteiger partial charge on any atom is 0.125 e. The van der Waals surface area contributed by atoms with Crippen LogP contribution in [0.3, 0.4) is 0 Å². The number of benzene rings is 1. The van der Waals surface area contributed by atoms with E-state index in [-0.39, 0.29) is 12.2 Å². The molecule has 4 nitrogen and oxygen atoms in total. The zero-order valence-electron chi connectivity index (χ0n) is 14.4. The molecular formula is C18H29NO3. The molecule has 0 amide bonds. The topological polar surface area (TPSA) is 41.9 Å². The third-order valence-corrected chi connectivity index (χ3v) is 3.99. The molecule has 1 aliphatic heterocycles. The second-order valence-corrected chi connectivity index (χ2v) is 6.67. The summed E-state index contributed by atoms with van der Waals surface area (Å²) in [6, 6.07) is 4.22. The van der Waals surface area contributed by atoms with Gasteiger partial charge < -0.3 is 14.6 Å². The van der Waals surface area contributed by atoms with Crippen LogP contribution in [0.15, 0.2) is 12.1 Å². The fourth-order valence-electron chi connectivity index (χ4n) is 3.36. The van der Waals surface area contributed by atoms with E-state index in [1.807, 2.05) is 13.8 Å². The van der Waals surface area contributed by atoms with Gasteiger partial charge in [-0.1, -0.05) is 17.7 Å². The van der Waals surface area contributed by atoms with Crippen molar-refractivity contribution in [3.8, 4) is 5.75 Å². The number of β-amino-alcohol motifs (C(OH)–C–C–N with tert-alkyl or cyclic N) is 1. The average Bonchev–Trinajstić information content (AvgIpc) is 2.35. The van der Waals surface area contributed by atoms with E-state index in [9.17, 15) is 5.11 Å². The summed E-state index contributed by atoms with van der Waals surface area (Å²) in [7, 11) is 0. The zero-order chi connectivity index (χ0) is 16.3. The number of hydrogen-bond donors (Lipinski definition) is 1. The summed E-state index contributed by atoms with van der Waals surface area (Å²) in [5.74, 6) is 0.897. The van der Waals surface area contributed by atoms with Gasteiger partial charge in [0.1, 0.15) is 18.5 Å². The molecule has 1 saturated heterocycles. The molecule has 1 heterocycles.